The second-order valence-corrected chi connectivity index (χ2v) is 4.65. The van der Waals surface area contributed by atoms with Gasteiger partial charge in [0.15, 0.2) is 5.78 Å². The number of hydrogen-bond acceptors (Lipinski definition) is 2. The summed E-state index contributed by atoms with van der Waals surface area (Å²) in [5.74, 6) is 1.32. The summed E-state index contributed by atoms with van der Waals surface area (Å²) in [6.07, 6.45) is 2.07. The Morgan fingerprint density at radius 3 is 2.82 bits per heavy atom. The molecule has 1 heterocycles. The first-order valence-corrected chi connectivity index (χ1v) is 5.92. The van der Waals surface area contributed by atoms with Gasteiger partial charge in [-0.15, -0.1) is 0 Å². The number of hydrogen-bond donors (Lipinski definition) is 1. The molecule has 0 amide bonds. The molecular formula is C14H15NO2. The summed E-state index contributed by atoms with van der Waals surface area (Å²) in [7, 11) is 1.65. The van der Waals surface area contributed by atoms with Crippen molar-refractivity contribution in [3.63, 3.8) is 0 Å². The largest absolute Gasteiger partial charge is 0.495 e. The SMILES string of the molecule is COc1cccc2c(C(=O)C3CC3)c(C)[nH]c12. The average Bonchev–Trinajstić information content (AvgIpc) is 3.10. The van der Waals surface area contributed by atoms with Gasteiger partial charge in [0.2, 0.25) is 0 Å². The molecule has 3 nitrogen and oxygen atoms in total. The van der Waals surface area contributed by atoms with Crippen molar-refractivity contribution in [1.29, 1.82) is 0 Å². The number of ketones is 1. The van der Waals surface area contributed by atoms with E-state index in [0.29, 0.717) is 0 Å². The number of para-hydroxylation sites is 1. The molecule has 3 heteroatoms. The third-order valence-corrected chi connectivity index (χ3v) is 3.40. The second-order valence-electron chi connectivity index (χ2n) is 4.65. The zero-order valence-electron chi connectivity index (χ0n) is 10.0. The van der Waals surface area contributed by atoms with Crippen molar-refractivity contribution in [3.05, 3.63) is 29.5 Å². The van der Waals surface area contributed by atoms with Crippen LogP contribution in [0.1, 0.15) is 28.9 Å². The number of ether oxygens (including phenoxy) is 1. The number of rotatable bonds is 3. The highest BCUT2D eigenvalue weighted by Gasteiger charge is 2.33. The molecule has 17 heavy (non-hydrogen) atoms. The lowest BCUT2D eigenvalue weighted by atomic mass is 10.0. The first-order chi connectivity index (χ1) is 8.22. The van der Waals surface area contributed by atoms with Crippen LogP contribution < -0.4 is 4.74 Å². The fourth-order valence-corrected chi connectivity index (χ4v) is 2.36. The maximum absolute atomic E-state index is 12.2. The Morgan fingerprint density at radius 2 is 2.18 bits per heavy atom. The van der Waals surface area contributed by atoms with Crippen LogP contribution in [-0.4, -0.2) is 17.9 Å². The highest BCUT2D eigenvalue weighted by Crippen LogP contribution is 2.37. The summed E-state index contributed by atoms with van der Waals surface area (Å²) in [6, 6.07) is 5.82. The lowest BCUT2D eigenvalue weighted by molar-refractivity contribution is 0.0968. The van der Waals surface area contributed by atoms with Gasteiger partial charge >= 0.3 is 0 Å². The van der Waals surface area contributed by atoms with Gasteiger partial charge < -0.3 is 9.72 Å². The first-order valence-electron chi connectivity index (χ1n) is 5.92. The number of H-pyrrole nitrogens is 1. The van der Waals surface area contributed by atoms with Gasteiger partial charge in [-0.25, -0.2) is 0 Å². The summed E-state index contributed by atoms with van der Waals surface area (Å²) in [6.45, 7) is 1.95. The van der Waals surface area contributed by atoms with Crippen molar-refractivity contribution in [3.8, 4) is 5.75 Å². The van der Waals surface area contributed by atoms with E-state index in [9.17, 15) is 4.79 Å². The Balaban J connectivity index is 2.23. The number of aryl methyl sites for hydroxylation is 1. The maximum Gasteiger partial charge on any atom is 0.168 e. The van der Waals surface area contributed by atoms with E-state index in [-0.39, 0.29) is 11.7 Å². The number of benzene rings is 1. The molecule has 3 rings (SSSR count). The molecule has 1 N–H and O–H groups in total. The molecule has 0 atom stereocenters. The van der Waals surface area contributed by atoms with Crippen LogP contribution in [-0.2, 0) is 0 Å². The Labute approximate surface area is 99.8 Å². The lowest BCUT2D eigenvalue weighted by Gasteiger charge is -2.01. The predicted molar refractivity (Wildman–Crippen MR) is 66.6 cm³/mol. The molecule has 0 bridgehead atoms. The fraction of sp³-hybridized carbons (Fsp3) is 0.357. The van der Waals surface area contributed by atoms with E-state index in [1.807, 2.05) is 25.1 Å². The fourth-order valence-electron chi connectivity index (χ4n) is 2.36. The van der Waals surface area contributed by atoms with E-state index in [0.717, 1.165) is 40.8 Å². The number of fused-ring (bicyclic) bond motifs is 1. The maximum atomic E-state index is 12.2. The molecule has 1 saturated carbocycles. The normalized spacial score (nSPS) is 15.2. The van der Waals surface area contributed by atoms with Crippen LogP contribution in [0.25, 0.3) is 10.9 Å². The highest BCUT2D eigenvalue weighted by atomic mass is 16.5. The molecule has 1 aromatic heterocycles. The molecule has 1 aliphatic rings. The third kappa shape index (κ3) is 1.54. The highest BCUT2D eigenvalue weighted by molar-refractivity contribution is 6.11. The molecule has 0 radical (unpaired) electrons. The van der Waals surface area contributed by atoms with E-state index in [1.165, 1.54) is 0 Å². The van der Waals surface area contributed by atoms with Crippen LogP contribution in [0.15, 0.2) is 18.2 Å². The third-order valence-electron chi connectivity index (χ3n) is 3.40. The number of aromatic nitrogens is 1. The predicted octanol–water partition coefficient (Wildman–Crippen LogP) is 3.08. The zero-order chi connectivity index (χ0) is 12.0. The standard InChI is InChI=1S/C14H15NO2/c1-8-12(14(16)9-6-7-9)10-4-3-5-11(17-2)13(10)15-8/h3-5,9,15H,6-7H2,1-2H3. The second kappa shape index (κ2) is 3.62. The van der Waals surface area contributed by atoms with Crippen LogP contribution in [0.3, 0.4) is 0 Å². The van der Waals surface area contributed by atoms with Crippen molar-refractivity contribution in [2.24, 2.45) is 5.92 Å². The van der Waals surface area contributed by atoms with Crippen molar-refractivity contribution in [2.45, 2.75) is 19.8 Å². The number of carbonyl (C=O) groups excluding carboxylic acids is 1. The van der Waals surface area contributed by atoms with E-state index in [2.05, 4.69) is 4.98 Å². The van der Waals surface area contributed by atoms with Gasteiger partial charge in [-0.1, -0.05) is 12.1 Å². The quantitative estimate of drug-likeness (QED) is 0.822. The summed E-state index contributed by atoms with van der Waals surface area (Å²) in [5, 5.41) is 0.985. The minimum Gasteiger partial charge on any atom is -0.495 e. The van der Waals surface area contributed by atoms with Gasteiger partial charge in [-0.2, -0.15) is 0 Å². The lowest BCUT2D eigenvalue weighted by Crippen LogP contribution is -2.02. The Morgan fingerprint density at radius 1 is 1.41 bits per heavy atom. The number of Topliss-reactive ketones (excluding diaryl/α,β-unsaturated/α-hetero) is 1. The number of carbonyl (C=O) groups is 1. The molecular weight excluding hydrogens is 214 g/mol. The van der Waals surface area contributed by atoms with Crippen molar-refractivity contribution in [2.75, 3.05) is 7.11 Å². The topological polar surface area (TPSA) is 42.1 Å². The Bertz CT molecular complexity index is 594. The Hall–Kier alpha value is -1.77. The average molecular weight is 229 g/mol. The molecule has 0 saturated heterocycles. The van der Waals surface area contributed by atoms with Gasteiger partial charge in [0.05, 0.1) is 12.6 Å². The van der Waals surface area contributed by atoms with Crippen LogP contribution in [0.5, 0.6) is 5.75 Å². The van der Waals surface area contributed by atoms with Gasteiger partial charge in [0, 0.05) is 22.6 Å². The van der Waals surface area contributed by atoms with Crippen LogP contribution in [0.4, 0.5) is 0 Å². The van der Waals surface area contributed by atoms with Crippen molar-refractivity contribution in [1.82, 2.24) is 4.98 Å². The molecule has 1 aromatic carbocycles. The minimum absolute atomic E-state index is 0.249. The minimum atomic E-state index is 0.249. The van der Waals surface area contributed by atoms with Gasteiger partial charge in [0.25, 0.3) is 0 Å². The summed E-state index contributed by atoms with van der Waals surface area (Å²) in [5.41, 5.74) is 2.72. The molecule has 0 unspecified atom stereocenters. The summed E-state index contributed by atoms with van der Waals surface area (Å²) < 4.78 is 5.31. The number of aromatic amines is 1. The molecule has 0 aliphatic heterocycles. The zero-order valence-corrected chi connectivity index (χ0v) is 10.0. The number of methoxy groups -OCH3 is 1. The van der Waals surface area contributed by atoms with Crippen LogP contribution >= 0.6 is 0 Å². The van der Waals surface area contributed by atoms with E-state index >= 15 is 0 Å². The van der Waals surface area contributed by atoms with Gasteiger partial charge in [-0.3, -0.25) is 4.79 Å². The van der Waals surface area contributed by atoms with E-state index in [4.69, 9.17) is 4.74 Å². The molecule has 1 aliphatic carbocycles. The van der Waals surface area contributed by atoms with Gasteiger partial charge in [-0.05, 0) is 25.8 Å². The summed E-state index contributed by atoms with van der Waals surface area (Å²) >= 11 is 0. The molecule has 0 spiro atoms. The molecule has 88 valence electrons. The van der Waals surface area contributed by atoms with Gasteiger partial charge in [0.1, 0.15) is 5.75 Å². The summed E-state index contributed by atoms with van der Waals surface area (Å²) in [4.78, 5) is 15.5. The van der Waals surface area contributed by atoms with Crippen molar-refractivity contribution >= 4 is 16.7 Å². The smallest absolute Gasteiger partial charge is 0.168 e. The monoisotopic (exact) mass is 229 g/mol. The first kappa shape index (κ1) is 10.4. The molecule has 2 aromatic rings. The van der Waals surface area contributed by atoms with Crippen molar-refractivity contribution < 1.29 is 9.53 Å². The Kier molecular flexibility index (Phi) is 2.21. The van der Waals surface area contributed by atoms with Crippen LogP contribution in [0.2, 0.25) is 0 Å². The molecule has 1 fully saturated rings. The number of nitrogens with one attached hydrogen (secondary N) is 1. The van der Waals surface area contributed by atoms with E-state index in [1.54, 1.807) is 7.11 Å². The van der Waals surface area contributed by atoms with E-state index < -0.39 is 0 Å². The van der Waals surface area contributed by atoms with Crippen LogP contribution in [0, 0.1) is 12.8 Å².